The van der Waals surface area contributed by atoms with Crippen molar-refractivity contribution < 1.29 is 40.6 Å². The molecule has 3 aliphatic rings. The summed E-state index contributed by atoms with van der Waals surface area (Å²) in [5, 5.41) is 14.4. The van der Waals surface area contributed by atoms with Crippen LogP contribution < -0.4 is 20.6 Å². The van der Waals surface area contributed by atoms with E-state index in [2.05, 4.69) is 11.9 Å². The minimum atomic E-state index is -4.43. The molecule has 4 N–H and O–H groups in total. The minimum Gasteiger partial charge on any atom is -0.478 e. The lowest BCUT2D eigenvalue weighted by molar-refractivity contribution is -0.132. The number of carboxylic acid groups (broad SMARTS) is 1. The highest BCUT2D eigenvalue weighted by Gasteiger charge is 2.33. The van der Waals surface area contributed by atoms with Gasteiger partial charge in [0.2, 0.25) is 0 Å². The molecule has 0 bridgehead atoms. The molecule has 242 valence electrons. The zero-order valence-corrected chi connectivity index (χ0v) is 27.5. The molecule has 0 amide bonds. The lowest BCUT2D eigenvalue weighted by Gasteiger charge is -2.34. The smallest absolute Gasteiger partial charge is 0.336 e. The first-order valence-corrected chi connectivity index (χ1v) is 17.4. The van der Waals surface area contributed by atoms with E-state index in [4.69, 9.17) is 9.73 Å². The third-order valence-corrected chi connectivity index (χ3v) is 8.99. The van der Waals surface area contributed by atoms with Crippen LogP contribution in [-0.4, -0.2) is 59.6 Å². The SMILES string of the molecule is C=C/C=C(C(=O)O)\C(=C/C)C1=c2cc3c(cc2Oc2cc4c(cc21)C(CS(=O)(=O)O)=CC(C)(C)N4)=NC(C)(C)C=C3CS(=O)(=O)O. The number of nitrogens with zero attached hydrogens (tertiary/aromatic N) is 1. The molecule has 0 fully saturated rings. The highest BCUT2D eigenvalue weighted by Crippen LogP contribution is 2.45. The van der Waals surface area contributed by atoms with Gasteiger partial charge in [0.25, 0.3) is 20.2 Å². The van der Waals surface area contributed by atoms with Crippen LogP contribution >= 0.6 is 0 Å². The molecular formula is C33H34N2O9S2. The van der Waals surface area contributed by atoms with Gasteiger partial charge >= 0.3 is 5.97 Å². The van der Waals surface area contributed by atoms with E-state index >= 15 is 0 Å². The topological polar surface area (TPSA) is 180 Å². The molecule has 0 saturated carbocycles. The van der Waals surface area contributed by atoms with Crippen LogP contribution in [0.5, 0.6) is 11.5 Å². The van der Waals surface area contributed by atoms with Gasteiger partial charge in [-0.05, 0) is 69.5 Å². The summed E-state index contributed by atoms with van der Waals surface area (Å²) in [5.74, 6) is -1.90. The maximum absolute atomic E-state index is 12.5. The Kier molecular flexibility index (Phi) is 8.05. The third-order valence-electron chi connectivity index (χ3n) is 7.64. The van der Waals surface area contributed by atoms with Gasteiger partial charge in [0, 0.05) is 45.3 Å². The molecule has 2 aromatic rings. The van der Waals surface area contributed by atoms with Gasteiger partial charge in [-0.3, -0.25) is 14.1 Å². The number of ether oxygens (including phenoxy) is 1. The molecule has 3 aliphatic heterocycles. The van der Waals surface area contributed by atoms with Crippen molar-refractivity contribution >= 4 is 48.6 Å². The van der Waals surface area contributed by atoms with E-state index in [9.17, 15) is 35.8 Å². The van der Waals surface area contributed by atoms with Crippen molar-refractivity contribution in [1.29, 1.82) is 0 Å². The number of carboxylic acids is 1. The molecule has 0 spiro atoms. The van der Waals surface area contributed by atoms with E-state index in [1.165, 1.54) is 12.2 Å². The van der Waals surface area contributed by atoms with Crippen LogP contribution in [0.1, 0.15) is 51.3 Å². The van der Waals surface area contributed by atoms with Crippen molar-refractivity contribution in [3.8, 4) is 11.5 Å². The summed E-state index contributed by atoms with van der Waals surface area (Å²) < 4.78 is 74.1. The number of carbonyl (C=O) groups is 1. The predicted molar refractivity (Wildman–Crippen MR) is 176 cm³/mol. The second kappa shape index (κ2) is 11.2. The molecule has 2 aromatic carbocycles. The van der Waals surface area contributed by atoms with Crippen molar-refractivity contribution in [3.63, 3.8) is 0 Å². The van der Waals surface area contributed by atoms with Crippen LogP contribution in [-0.2, 0) is 25.0 Å². The molecule has 0 unspecified atom stereocenters. The summed E-state index contributed by atoms with van der Waals surface area (Å²) in [6.45, 7) is 12.6. The van der Waals surface area contributed by atoms with Crippen LogP contribution in [0.2, 0.25) is 0 Å². The van der Waals surface area contributed by atoms with Crippen molar-refractivity contribution in [2.45, 2.75) is 45.7 Å². The third kappa shape index (κ3) is 6.63. The molecule has 0 aliphatic carbocycles. The van der Waals surface area contributed by atoms with Crippen LogP contribution in [0.4, 0.5) is 5.69 Å². The molecule has 3 heterocycles. The Labute approximate surface area is 267 Å². The summed E-state index contributed by atoms with van der Waals surface area (Å²) in [5.41, 5.74) is 1.60. The molecular weight excluding hydrogens is 633 g/mol. The fourth-order valence-electron chi connectivity index (χ4n) is 6.18. The number of anilines is 1. The lowest BCUT2D eigenvalue weighted by Crippen LogP contribution is -2.33. The van der Waals surface area contributed by atoms with Crippen molar-refractivity contribution in [1.82, 2.24) is 0 Å². The minimum absolute atomic E-state index is 0.0887. The number of aliphatic carboxylic acids is 1. The van der Waals surface area contributed by atoms with Gasteiger partial charge in [-0.2, -0.15) is 16.8 Å². The van der Waals surface area contributed by atoms with E-state index < -0.39 is 48.8 Å². The molecule has 0 saturated heterocycles. The normalized spacial score (nSPS) is 18.3. The van der Waals surface area contributed by atoms with Gasteiger partial charge in [-0.15, -0.1) is 0 Å². The van der Waals surface area contributed by atoms with E-state index in [0.717, 1.165) is 0 Å². The van der Waals surface area contributed by atoms with E-state index in [1.807, 2.05) is 13.8 Å². The zero-order valence-electron chi connectivity index (χ0n) is 25.9. The second-order valence-electron chi connectivity index (χ2n) is 12.5. The zero-order chi connectivity index (χ0) is 34.0. The monoisotopic (exact) mass is 666 g/mol. The standard InChI is InChI=1S/C33H34N2O9S2/c1-7-9-21(31(36)37)20(8-2)30-24-10-22-18(16-45(38,39)40)14-32(3,4)34-26(22)12-28(24)44-29-13-27-23(11-25(29)30)19(17-46(41,42)43)15-33(5,6)35-27/h7-15,34H,1,16-17H2,2-6H3,(H,36,37)(H,38,39,40)(H,41,42,43)/b20-8+,21-9+. The summed E-state index contributed by atoms with van der Waals surface area (Å²) in [7, 11) is -8.86. The van der Waals surface area contributed by atoms with Gasteiger partial charge in [-0.1, -0.05) is 30.9 Å². The van der Waals surface area contributed by atoms with Crippen LogP contribution in [0.15, 0.2) is 77.4 Å². The quantitative estimate of drug-likeness (QED) is 0.180. The van der Waals surface area contributed by atoms with Gasteiger partial charge in [0.1, 0.15) is 23.0 Å². The van der Waals surface area contributed by atoms with E-state index in [1.54, 1.807) is 63.3 Å². The summed E-state index contributed by atoms with van der Waals surface area (Å²) >= 11 is 0. The maximum Gasteiger partial charge on any atom is 0.336 e. The Morgan fingerprint density at radius 2 is 1.57 bits per heavy atom. The first kappa shape index (κ1) is 33.1. The highest BCUT2D eigenvalue weighted by atomic mass is 32.2. The number of benzene rings is 2. The molecule has 0 aromatic heterocycles. The Morgan fingerprint density at radius 1 is 0.935 bits per heavy atom. The lowest BCUT2D eigenvalue weighted by atomic mass is 9.83. The Balaban J connectivity index is 1.92. The van der Waals surface area contributed by atoms with Crippen molar-refractivity contribution in [3.05, 3.63) is 99.6 Å². The van der Waals surface area contributed by atoms with Crippen molar-refractivity contribution in [2.75, 3.05) is 16.8 Å². The number of hydrogen-bond donors (Lipinski definition) is 4. The van der Waals surface area contributed by atoms with E-state index in [0.29, 0.717) is 61.2 Å². The Hall–Kier alpha value is -4.30. The number of fused-ring (bicyclic) bond motifs is 4. The summed E-state index contributed by atoms with van der Waals surface area (Å²) in [4.78, 5) is 17.3. The summed E-state index contributed by atoms with van der Waals surface area (Å²) in [6, 6.07) is 6.69. The second-order valence-corrected chi connectivity index (χ2v) is 15.4. The number of nitrogens with one attached hydrogen (secondary N) is 1. The largest absolute Gasteiger partial charge is 0.478 e. The molecule has 0 radical (unpaired) electrons. The van der Waals surface area contributed by atoms with Crippen LogP contribution in [0.25, 0.3) is 16.7 Å². The first-order valence-electron chi connectivity index (χ1n) is 14.2. The van der Waals surface area contributed by atoms with Gasteiger partial charge in [0.15, 0.2) is 0 Å². The first-order chi connectivity index (χ1) is 21.2. The van der Waals surface area contributed by atoms with Crippen molar-refractivity contribution in [2.24, 2.45) is 4.99 Å². The molecule has 0 atom stereocenters. The van der Waals surface area contributed by atoms with Crippen LogP contribution in [0.3, 0.4) is 0 Å². The number of rotatable bonds is 8. The fourth-order valence-corrected chi connectivity index (χ4v) is 7.45. The summed E-state index contributed by atoms with van der Waals surface area (Å²) in [6.07, 6.45) is 7.68. The van der Waals surface area contributed by atoms with Gasteiger partial charge in [-0.25, -0.2) is 4.79 Å². The average Bonchev–Trinajstić information content (AvgIpc) is 2.87. The molecule has 11 nitrogen and oxygen atoms in total. The maximum atomic E-state index is 12.5. The molecule has 13 heteroatoms. The Bertz CT molecular complexity index is 2200. The van der Waals surface area contributed by atoms with E-state index in [-0.39, 0.29) is 11.1 Å². The molecule has 46 heavy (non-hydrogen) atoms. The number of hydrogen-bond acceptors (Lipinski definition) is 8. The number of allylic oxidation sites excluding steroid dienone is 3. The Morgan fingerprint density at radius 3 is 2.13 bits per heavy atom. The van der Waals surface area contributed by atoms with Crippen LogP contribution in [0, 0.1) is 0 Å². The highest BCUT2D eigenvalue weighted by molar-refractivity contribution is 7.86. The van der Waals surface area contributed by atoms with Gasteiger partial charge < -0.3 is 15.2 Å². The fraction of sp³-hybridized carbons (Fsp3) is 0.273. The average molecular weight is 667 g/mol. The van der Waals surface area contributed by atoms with Gasteiger partial charge in [0.05, 0.1) is 22.0 Å². The predicted octanol–water partition coefficient (Wildman–Crippen LogP) is 4.29. The molecule has 5 rings (SSSR count).